The van der Waals surface area contributed by atoms with Gasteiger partial charge in [-0.2, -0.15) is 0 Å². The van der Waals surface area contributed by atoms with E-state index >= 15 is 0 Å². The van der Waals surface area contributed by atoms with Gasteiger partial charge in [0.2, 0.25) is 5.91 Å². The van der Waals surface area contributed by atoms with Gasteiger partial charge in [-0.05, 0) is 31.0 Å². The third-order valence-electron chi connectivity index (χ3n) is 4.51. The number of fused-ring (bicyclic) bond motifs is 2. The van der Waals surface area contributed by atoms with Crippen molar-refractivity contribution >= 4 is 35.2 Å². The molecule has 26 heavy (non-hydrogen) atoms. The van der Waals surface area contributed by atoms with Gasteiger partial charge in [-0.1, -0.05) is 23.9 Å². The molecule has 1 saturated heterocycles. The number of amides is 3. The molecule has 2 aromatic rings. The van der Waals surface area contributed by atoms with Crippen LogP contribution in [0.15, 0.2) is 47.9 Å². The minimum Gasteiger partial charge on any atom is -0.327 e. The lowest BCUT2D eigenvalue weighted by molar-refractivity contribution is -0.127. The van der Waals surface area contributed by atoms with Crippen molar-refractivity contribution in [3.8, 4) is 0 Å². The summed E-state index contributed by atoms with van der Waals surface area (Å²) in [6, 6.07) is 7.91. The summed E-state index contributed by atoms with van der Waals surface area (Å²) in [5.41, 5.74) is 0.746. The van der Waals surface area contributed by atoms with Crippen molar-refractivity contribution in [1.82, 2.24) is 14.9 Å². The molecule has 1 aromatic carbocycles. The van der Waals surface area contributed by atoms with Crippen LogP contribution in [0.3, 0.4) is 0 Å². The highest BCUT2D eigenvalue weighted by Crippen LogP contribution is 2.32. The number of hydrogen-bond donors (Lipinski definition) is 0. The van der Waals surface area contributed by atoms with Crippen LogP contribution in [0.4, 0.5) is 5.69 Å². The largest absolute Gasteiger partial charge is 0.327 e. The molecule has 0 radical (unpaired) electrons. The van der Waals surface area contributed by atoms with Gasteiger partial charge < -0.3 is 4.90 Å². The third kappa shape index (κ3) is 2.86. The van der Waals surface area contributed by atoms with Crippen molar-refractivity contribution in [1.29, 1.82) is 0 Å². The highest BCUT2D eigenvalue weighted by molar-refractivity contribution is 7.99. The van der Waals surface area contributed by atoms with Crippen molar-refractivity contribution in [2.75, 3.05) is 17.2 Å². The molecular formula is C18H16N4O3S. The summed E-state index contributed by atoms with van der Waals surface area (Å²) >= 11 is 1.17. The molecule has 0 aliphatic carbocycles. The predicted octanol–water partition coefficient (Wildman–Crippen LogP) is 1.75. The second-order valence-electron chi connectivity index (χ2n) is 6.06. The molecule has 1 fully saturated rings. The van der Waals surface area contributed by atoms with Crippen LogP contribution in [-0.2, 0) is 9.59 Å². The van der Waals surface area contributed by atoms with Gasteiger partial charge in [0.05, 0.1) is 17.0 Å². The number of rotatable bonds is 3. The molecule has 0 N–H and O–H groups in total. The first-order valence-corrected chi connectivity index (χ1v) is 9.32. The Morgan fingerprint density at radius 3 is 2.73 bits per heavy atom. The molecule has 2 aliphatic heterocycles. The maximum absolute atomic E-state index is 13.1. The zero-order chi connectivity index (χ0) is 18.1. The average Bonchev–Trinajstić information content (AvgIpc) is 3.14. The van der Waals surface area contributed by atoms with Gasteiger partial charge in [0.25, 0.3) is 11.8 Å². The number of hydrogen-bond acceptors (Lipinski definition) is 6. The Balaban J connectivity index is 1.66. The second kappa shape index (κ2) is 6.87. The lowest BCUT2D eigenvalue weighted by Gasteiger charge is -2.24. The Morgan fingerprint density at radius 2 is 1.92 bits per heavy atom. The SMILES string of the molecule is O=C(CSc1ncccn1)N1C(=O)[C@@H]2CCCN2C(=O)c2ccccc21. The van der Waals surface area contributed by atoms with E-state index in [2.05, 4.69) is 9.97 Å². The van der Waals surface area contributed by atoms with Crippen molar-refractivity contribution < 1.29 is 14.4 Å². The van der Waals surface area contributed by atoms with E-state index in [0.29, 0.717) is 29.4 Å². The first-order chi connectivity index (χ1) is 12.7. The summed E-state index contributed by atoms with van der Waals surface area (Å²) in [7, 11) is 0. The number of carbonyl (C=O) groups excluding carboxylic acids is 3. The third-order valence-corrected chi connectivity index (χ3v) is 5.37. The van der Waals surface area contributed by atoms with Gasteiger partial charge >= 0.3 is 0 Å². The predicted molar refractivity (Wildman–Crippen MR) is 95.7 cm³/mol. The van der Waals surface area contributed by atoms with Crippen molar-refractivity contribution in [2.24, 2.45) is 0 Å². The highest BCUT2D eigenvalue weighted by atomic mass is 32.2. The summed E-state index contributed by atoms with van der Waals surface area (Å²) in [5, 5.41) is 0.468. The molecule has 0 spiro atoms. The number of anilines is 1. The molecule has 4 rings (SSSR count). The normalized spacial score (nSPS) is 19.2. The van der Waals surface area contributed by atoms with Crippen LogP contribution in [0.2, 0.25) is 0 Å². The Morgan fingerprint density at radius 1 is 1.15 bits per heavy atom. The van der Waals surface area contributed by atoms with Gasteiger partial charge in [-0.3, -0.25) is 14.4 Å². The van der Waals surface area contributed by atoms with Crippen molar-refractivity contribution in [3.05, 3.63) is 48.3 Å². The number of para-hydroxylation sites is 1. The minimum atomic E-state index is -0.572. The van der Waals surface area contributed by atoms with E-state index in [0.717, 1.165) is 6.42 Å². The van der Waals surface area contributed by atoms with Crippen LogP contribution in [-0.4, -0.2) is 50.9 Å². The molecule has 0 saturated carbocycles. The molecular weight excluding hydrogens is 352 g/mol. The van der Waals surface area contributed by atoms with E-state index in [1.54, 1.807) is 47.6 Å². The molecule has 0 unspecified atom stereocenters. The number of aromatic nitrogens is 2. The van der Waals surface area contributed by atoms with E-state index in [-0.39, 0.29) is 23.5 Å². The summed E-state index contributed by atoms with van der Waals surface area (Å²) in [4.78, 5) is 49.7. The summed E-state index contributed by atoms with van der Waals surface area (Å²) in [6.45, 7) is 0.540. The zero-order valence-corrected chi connectivity index (χ0v) is 14.7. The van der Waals surface area contributed by atoms with Gasteiger partial charge in [0.15, 0.2) is 5.16 Å². The van der Waals surface area contributed by atoms with E-state index in [4.69, 9.17) is 0 Å². The van der Waals surface area contributed by atoms with Crippen LogP contribution in [0.5, 0.6) is 0 Å². The van der Waals surface area contributed by atoms with Crippen LogP contribution < -0.4 is 4.90 Å². The van der Waals surface area contributed by atoms with Crippen molar-refractivity contribution in [2.45, 2.75) is 24.0 Å². The lowest BCUT2D eigenvalue weighted by Crippen LogP contribution is -2.47. The molecule has 7 nitrogen and oxygen atoms in total. The Labute approximate surface area is 154 Å². The molecule has 8 heteroatoms. The molecule has 1 atom stereocenters. The van der Waals surface area contributed by atoms with Gasteiger partial charge in [-0.15, -0.1) is 0 Å². The molecule has 132 valence electrons. The van der Waals surface area contributed by atoms with Gasteiger partial charge in [-0.25, -0.2) is 14.9 Å². The monoisotopic (exact) mass is 368 g/mol. The molecule has 0 bridgehead atoms. The number of carbonyl (C=O) groups is 3. The van der Waals surface area contributed by atoms with Crippen LogP contribution in [0.25, 0.3) is 0 Å². The number of benzene rings is 1. The molecule has 3 heterocycles. The van der Waals surface area contributed by atoms with E-state index in [1.807, 2.05) is 0 Å². The Hall–Kier alpha value is -2.74. The maximum Gasteiger partial charge on any atom is 0.256 e. The fourth-order valence-electron chi connectivity index (χ4n) is 3.35. The fourth-order valence-corrected chi connectivity index (χ4v) is 4.00. The van der Waals surface area contributed by atoms with Crippen LogP contribution in [0.1, 0.15) is 23.2 Å². The molecule has 3 amide bonds. The van der Waals surface area contributed by atoms with E-state index in [9.17, 15) is 14.4 Å². The number of nitrogens with zero attached hydrogens (tertiary/aromatic N) is 4. The van der Waals surface area contributed by atoms with Crippen LogP contribution >= 0.6 is 11.8 Å². The van der Waals surface area contributed by atoms with E-state index < -0.39 is 6.04 Å². The zero-order valence-electron chi connectivity index (χ0n) is 13.9. The van der Waals surface area contributed by atoms with Crippen LogP contribution in [0, 0.1) is 0 Å². The fraction of sp³-hybridized carbons (Fsp3) is 0.278. The summed E-state index contributed by atoms with van der Waals surface area (Å²) in [5.74, 6) is -0.877. The standard InChI is InChI=1S/C18H16N4O3S/c23-15(11-26-18-19-8-4-9-20-18)22-13-6-2-1-5-12(13)16(24)21-10-3-7-14(21)17(22)25/h1-2,4-6,8-9,14H,3,7,10-11H2/t14-/m0/s1. The second-order valence-corrected chi connectivity index (χ2v) is 7.00. The average molecular weight is 368 g/mol. The van der Waals surface area contributed by atoms with Crippen molar-refractivity contribution in [3.63, 3.8) is 0 Å². The highest BCUT2D eigenvalue weighted by Gasteiger charge is 2.43. The molecule has 1 aromatic heterocycles. The smallest absolute Gasteiger partial charge is 0.256 e. The van der Waals surface area contributed by atoms with Gasteiger partial charge in [0, 0.05) is 18.9 Å². The first-order valence-electron chi connectivity index (χ1n) is 8.33. The van der Waals surface area contributed by atoms with E-state index in [1.165, 1.54) is 16.7 Å². The summed E-state index contributed by atoms with van der Waals surface area (Å²) in [6.07, 6.45) is 4.54. The molecule has 2 aliphatic rings. The quantitative estimate of drug-likeness (QED) is 0.606. The lowest BCUT2D eigenvalue weighted by atomic mass is 10.1. The maximum atomic E-state index is 13.1. The van der Waals surface area contributed by atoms with Gasteiger partial charge in [0.1, 0.15) is 6.04 Å². The first kappa shape index (κ1) is 16.7. The Kier molecular flexibility index (Phi) is 4.42. The minimum absolute atomic E-state index is 0.0188. The number of imide groups is 1. The Bertz CT molecular complexity index is 874. The topological polar surface area (TPSA) is 83.5 Å². The summed E-state index contributed by atoms with van der Waals surface area (Å²) < 4.78 is 0. The number of thioether (sulfide) groups is 1.